The lowest BCUT2D eigenvalue weighted by atomic mass is 10.2. The highest BCUT2D eigenvalue weighted by Gasteiger charge is 2.30. The van der Waals surface area contributed by atoms with E-state index in [1.165, 1.54) is 11.3 Å². The van der Waals surface area contributed by atoms with E-state index in [4.69, 9.17) is 9.84 Å². The van der Waals surface area contributed by atoms with Crippen molar-refractivity contribution in [1.82, 2.24) is 5.32 Å². The molecule has 1 saturated heterocycles. The Morgan fingerprint density at radius 3 is 2.59 bits per heavy atom. The molecular formula is C15H13NO4S2. The fourth-order valence-electron chi connectivity index (χ4n) is 2.07. The van der Waals surface area contributed by atoms with E-state index in [0.29, 0.717) is 16.4 Å². The summed E-state index contributed by atoms with van der Waals surface area (Å²) < 4.78 is 5.29. The van der Waals surface area contributed by atoms with E-state index < -0.39 is 12.0 Å². The van der Waals surface area contributed by atoms with Gasteiger partial charge in [-0.3, -0.25) is 10.1 Å². The van der Waals surface area contributed by atoms with Crippen molar-refractivity contribution in [2.75, 3.05) is 5.75 Å². The summed E-state index contributed by atoms with van der Waals surface area (Å²) >= 11 is 2.88. The molecule has 0 bridgehead atoms. The number of carbonyl (C=O) groups is 2. The third-order valence-electron chi connectivity index (χ3n) is 3.20. The molecule has 0 spiro atoms. The fourth-order valence-corrected chi connectivity index (χ4v) is 3.90. The maximum absolute atomic E-state index is 11.8. The zero-order valence-electron chi connectivity index (χ0n) is 11.4. The van der Waals surface area contributed by atoms with Crippen molar-refractivity contribution in [3.05, 3.63) is 52.2 Å². The summed E-state index contributed by atoms with van der Waals surface area (Å²) in [5, 5.41) is 13.8. The molecule has 114 valence electrons. The zero-order chi connectivity index (χ0) is 15.5. The summed E-state index contributed by atoms with van der Waals surface area (Å²) in [6.07, 6.45) is 0. The van der Waals surface area contributed by atoms with E-state index >= 15 is 0 Å². The van der Waals surface area contributed by atoms with Crippen LogP contribution in [0.15, 0.2) is 41.8 Å². The first-order valence-corrected chi connectivity index (χ1v) is 8.52. The lowest BCUT2D eigenvalue weighted by molar-refractivity contribution is -0.138. The van der Waals surface area contributed by atoms with Gasteiger partial charge in [-0.25, -0.2) is 4.79 Å². The SMILES string of the molecule is O=C(Oc1ccc(C2NC(C(=O)O)CS2)cc1)c1cccs1. The summed E-state index contributed by atoms with van der Waals surface area (Å²) in [6.45, 7) is 0. The number of thiophene rings is 1. The van der Waals surface area contributed by atoms with Crippen molar-refractivity contribution < 1.29 is 19.4 Å². The fraction of sp³-hybridized carbons (Fsp3) is 0.200. The van der Waals surface area contributed by atoms with Crippen LogP contribution in [0.2, 0.25) is 0 Å². The van der Waals surface area contributed by atoms with E-state index in [-0.39, 0.29) is 11.3 Å². The van der Waals surface area contributed by atoms with Crippen molar-refractivity contribution in [2.24, 2.45) is 0 Å². The van der Waals surface area contributed by atoms with Gasteiger partial charge >= 0.3 is 11.9 Å². The predicted molar refractivity (Wildman–Crippen MR) is 85.5 cm³/mol. The van der Waals surface area contributed by atoms with E-state index in [1.807, 2.05) is 17.5 Å². The van der Waals surface area contributed by atoms with Gasteiger partial charge in [-0.05, 0) is 29.1 Å². The van der Waals surface area contributed by atoms with Gasteiger partial charge in [-0.1, -0.05) is 18.2 Å². The number of thioether (sulfide) groups is 1. The highest BCUT2D eigenvalue weighted by molar-refractivity contribution is 7.99. The molecule has 2 unspecified atom stereocenters. The number of ether oxygens (including phenoxy) is 1. The van der Waals surface area contributed by atoms with Crippen molar-refractivity contribution in [3.8, 4) is 5.75 Å². The number of carbonyl (C=O) groups excluding carboxylic acids is 1. The predicted octanol–water partition coefficient (Wildman–Crippen LogP) is 2.76. The topological polar surface area (TPSA) is 75.6 Å². The Balaban J connectivity index is 1.63. The number of carboxylic acids is 1. The van der Waals surface area contributed by atoms with E-state index in [9.17, 15) is 9.59 Å². The van der Waals surface area contributed by atoms with Crippen LogP contribution in [0, 0.1) is 0 Å². The molecule has 22 heavy (non-hydrogen) atoms. The highest BCUT2D eigenvalue weighted by atomic mass is 32.2. The number of nitrogens with one attached hydrogen (secondary N) is 1. The molecule has 1 fully saturated rings. The van der Waals surface area contributed by atoms with E-state index in [0.717, 1.165) is 5.56 Å². The first-order chi connectivity index (χ1) is 10.6. The van der Waals surface area contributed by atoms with Gasteiger partial charge in [-0.15, -0.1) is 23.1 Å². The third-order valence-corrected chi connectivity index (χ3v) is 5.31. The molecular weight excluding hydrogens is 322 g/mol. The molecule has 0 saturated carbocycles. The quantitative estimate of drug-likeness (QED) is 0.661. The van der Waals surface area contributed by atoms with Gasteiger partial charge in [0.15, 0.2) is 0 Å². The van der Waals surface area contributed by atoms with E-state index in [2.05, 4.69) is 5.32 Å². The minimum Gasteiger partial charge on any atom is -0.480 e. The van der Waals surface area contributed by atoms with Crippen LogP contribution in [0.3, 0.4) is 0 Å². The molecule has 7 heteroatoms. The Hall–Kier alpha value is -1.83. The Bertz CT molecular complexity index is 669. The van der Waals surface area contributed by atoms with Crippen molar-refractivity contribution in [1.29, 1.82) is 0 Å². The van der Waals surface area contributed by atoms with Crippen LogP contribution in [0.25, 0.3) is 0 Å². The normalized spacial score (nSPS) is 20.7. The molecule has 1 aromatic carbocycles. The number of hydrogen-bond acceptors (Lipinski definition) is 6. The van der Waals surface area contributed by atoms with Gasteiger partial charge < -0.3 is 9.84 Å². The number of carboxylic acid groups (broad SMARTS) is 1. The second-order valence-corrected chi connectivity index (χ2v) is 6.79. The van der Waals surface area contributed by atoms with Gasteiger partial charge in [-0.2, -0.15) is 0 Å². The summed E-state index contributed by atoms with van der Waals surface area (Å²) in [5.41, 5.74) is 0.963. The van der Waals surface area contributed by atoms with Crippen LogP contribution >= 0.6 is 23.1 Å². The molecule has 2 N–H and O–H groups in total. The minimum atomic E-state index is -0.837. The Morgan fingerprint density at radius 1 is 1.23 bits per heavy atom. The maximum Gasteiger partial charge on any atom is 0.353 e. The molecule has 1 aliphatic heterocycles. The molecule has 1 aliphatic rings. The van der Waals surface area contributed by atoms with E-state index in [1.54, 1.807) is 36.0 Å². The third kappa shape index (κ3) is 3.32. The lowest BCUT2D eigenvalue weighted by Crippen LogP contribution is -2.33. The Kier molecular flexibility index (Phi) is 4.47. The summed E-state index contributed by atoms with van der Waals surface area (Å²) in [5.74, 6) is -0.201. The first-order valence-electron chi connectivity index (χ1n) is 6.59. The largest absolute Gasteiger partial charge is 0.480 e. The van der Waals surface area contributed by atoms with Crippen LogP contribution in [-0.2, 0) is 4.79 Å². The number of rotatable bonds is 4. The average molecular weight is 335 g/mol. The zero-order valence-corrected chi connectivity index (χ0v) is 13.0. The summed E-state index contributed by atoms with van der Waals surface area (Å²) in [6, 6.07) is 10.1. The number of benzene rings is 1. The van der Waals surface area contributed by atoms with Crippen LogP contribution in [0.5, 0.6) is 5.75 Å². The maximum atomic E-state index is 11.8. The molecule has 1 aromatic heterocycles. The smallest absolute Gasteiger partial charge is 0.353 e. The average Bonchev–Trinajstić information content (AvgIpc) is 3.20. The van der Waals surface area contributed by atoms with Crippen molar-refractivity contribution >= 4 is 35.0 Å². The van der Waals surface area contributed by atoms with Gasteiger partial charge in [0, 0.05) is 5.75 Å². The second-order valence-electron chi connectivity index (χ2n) is 4.71. The summed E-state index contributed by atoms with van der Waals surface area (Å²) in [4.78, 5) is 23.3. The molecule has 2 atom stereocenters. The molecule has 3 rings (SSSR count). The second kappa shape index (κ2) is 6.51. The number of aliphatic carboxylic acids is 1. The van der Waals surface area contributed by atoms with Gasteiger partial charge in [0.25, 0.3) is 0 Å². The van der Waals surface area contributed by atoms with Crippen LogP contribution in [0.4, 0.5) is 0 Å². The Labute approximate surface area is 135 Å². The van der Waals surface area contributed by atoms with Gasteiger partial charge in [0.2, 0.25) is 0 Å². The molecule has 0 aliphatic carbocycles. The lowest BCUT2D eigenvalue weighted by Gasteiger charge is -2.12. The number of esters is 1. The van der Waals surface area contributed by atoms with Gasteiger partial charge in [0.05, 0.1) is 5.37 Å². The van der Waals surface area contributed by atoms with Gasteiger partial charge in [0.1, 0.15) is 16.7 Å². The van der Waals surface area contributed by atoms with Crippen LogP contribution in [-0.4, -0.2) is 28.8 Å². The van der Waals surface area contributed by atoms with Crippen molar-refractivity contribution in [2.45, 2.75) is 11.4 Å². The molecule has 5 nitrogen and oxygen atoms in total. The number of hydrogen-bond donors (Lipinski definition) is 2. The van der Waals surface area contributed by atoms with Crippen LogP contribution in [0.1, 0.15) is 20.6 Å². The summed E-state index contributed by atoms with van der Waals surface area (Å²) in [7, 11) is 0. The van der Waals surface area contributed by atoms with Crippen molar-refractivity contribution in [3.63, 3.8) is 0 Å². The molecule has 0 radical (unpaired) electrons. The first kappa shape index (κ1) is 15.1. The molecule has 0 amide bonds. The Morgan fingerprint density at radius 2 is 2.00 bits per heavy atom. The molecule has 2 heterocycles. The minimum absolute atomic E-state index is 0.0526. The van der Waals surface area contributed by atoms with Crippen LogP contribution < -0.4 is 10.1 Å². The molecule has 2 aromatic rings. The monoisotopic (exact) mass is 335 g/mol. The highest BCUT2D eigenvalue weighted by Crippen LogP contribution is 2.33. The standard InChI is InChI=1S/C15H13NO4S2/c17-14(18)11-8-22-13(16-11)9-3-5-10(6-4-9)20-15(19)12-2-1-7-21-12/h1-7,11,13,16H,8H2,(H,17,18).